The Morgan fingerprint density at radius 2 is 2.18 bits per heavy atom. The first kappa shape index (κ1) is 11.9. The normalized spacial score (nSPS) is 10.5. The van der Waals surface area contributed by atoms with Crippen LogP contribution in [0.15, 0.2) is 25.6 Å². The van der Waals surface area contributed by atoms with E-state index in [0.717, 1.165) is 5.69 Å². The van der Waals surface area contributed by atoms with E-state index in [1.165, 1.54) is 0 Å². The number of oxazole rings is 1. The van der Waals surface area contributed by atoms with Gasteiger partial charge >= 0.3 is 0 Å². The Balaban J connectivity index is 1.99. The van der Waals surface area contributed by atoms with Crippen LogP contribution in [0.1, 0.15) is 27.9 Å². The minimum atomic E-state index is -0.288. The van der Waals surface area contributed by atoms with Gasteiger partial charge in [0.05, 0.1) is 12.2 Å². The Kier molecular flexibility index (Phi) is 3.33. The van der Waals surface area contributed by atoms with Crippen LogP contribution in [0.5, 0.6) is 0 Å². The highest BCUT2D eigenvalue weighted by Crippen LogP contribution is 2.14. The van der Waals surface area contributed by atoms with Crippen molar-refractivity contribution in [2.24, 2.45) is 0 Å². The zero-order valence-electron chi connectivity index (χ0n) is 9.41. The number of rotatable bonds is 3. The molecule has 0 bridgehead atoms. The van der Waals surface area contributed by atoms with Gasteiger partial charge in [-0.25, -0.2) is 4.98 Å². The van der Waals surface area contributed by atoms with Gasteiger partial charge in [-0.2, -0.15) is 0 Å². The average molecular weight is 299 g/mol. The molecule has 17 heavy (non-hydrogen) atoms. The number of amides is 1. The molecule has 0 aliphatic carbocycles. The molecular formula is C11H11BrN2O3. The molecule has 2 heterocycles. The number of carbonyl (C=O) groups is 1. The van der Waals surface area contributed by atoms with Crippen molar-refractivity contribution in [3.63, 3.8) is 0 Å². The van der Waals surface area contributed by atoms with E-state index in [-0.39, 0.29) is 11.7 Å². The van der Waals surface area contributed by atoms with Crippen LogP contribution < -0.4 is 5.32 Å². The van der Waals surface area contributed by atoms with Gasteiger partial charge in [0, 0.05) is 6.92 Å². The second kappa shape index (κ2) is 4.75. The maximum atomic E-state index is 11.7. The van der Waals surface area contributed by atoms with E-state index >= 15 is 0 Å². The van der Waals surface area contributed by atoms with Crippen molar-refractivity contribution in [1.29, 1.82) is 0 Å². The zero-order valence-corrected chi connectivity index (χ0v) is 11.0. The maximum Gasteiger partial charge on any atom is 0.287 e. The van der Waals surface area contributed by atoms with Crippen molar-refractivity contribution in [3.8, 4) is 0 Å². The van der Waals surface area contributed by atoms with Gasteiger partial charge < -0.3 is 14.2 Å². The molecule has 5 nitrogen and oxygen atoms in total. The van der Waals surface area contributed by atoms with Gasteiger partial charge in [0.1, 0.15) is 5.76 Å². The third kappa shape index (κ3) is 2.76. The van der Waals surface area contributed by atoms with Crippen LogP contribution in [-0.2, 0) is 6.54 Å². The van der Waals surface area contributed by atoms with Gasteiger partial charge in [0.2, 0.25) is 0 Å². The first-order chi connectivity index (χ1) is 8.06. The molecule has 0 atom stereocenters. The van der Waals surface area contributed by atoms with Crippen LogP contribution in [0.3, 0.4) is 0 Å². The second-order valence-electron chi connectivity index (χ2n) is 3.53. The lowest BCUT2D eigenvalue weighted by Gasteiger charge is -2.00. The lowest BCUT2D eigenvalue weighted by atomic mass is 10.3. The quantitative estimate of drug-likeness (QED) is 0.945. The first-order valence-corrected chi connectivity index (χ1v) is 5.82. The SMILES string of the molecule is Cc1nc(C)c(CNC(=O)c2ccc(Br)o2)o1. The molecule has 0 unspecified atom stereocenters. The molecule has 1 amide bonds. The predicted octanol–water partition coefficient (Wildman–Crippen LogP) is 2.58. The molecule has 90 valence electrons. The van der Waals surface area contributed by atoms with Gasteiger partial charge in [0.15, 0.2) is 16.3 Å². The second-order valence-corrected chi connectivity index (χ2v) is 4.31. The van der Waals surface area contributed by atoms with Crippen LogP contribution in [0.2, 0.25) is 0 Å². The maximum absolute atomic E-state index is 11.7. The summed E-state index contributed by atoms with van der Waals surface area (Å²) in [4.78, 5) is 15.8. The lowest BCUT2D eigenvalue weighted by Crippen LogP contribution is -2.22. The largest absolute Gasteiger partial charge is 0.444 e. The van der Waals surface area contributed by atoms with Crippen LogP contribution in [0, 0.1) is 13.8 Å². The summed E-state index contributed by atoms with van der Waals surface area (Å²) in [7, 11) is 0. The Morgan fingerprint density at radius 3 is 2.71 bits per heavy atom. The molecule has 0 aromatic carbocycles. The van der Waals surface area contributed by atoms with Crippen LogP contribution >= 0.6 is 15.9 Å². The fourth-order valence-corrected chi connectivity index (χ4v) is 1.73. The van der Waals surface area contributed by atoms with E-state index in [4.69, 9.17) is 8.83 Å². The minimum Gasteiger partial charge on any atom is -0.444 e. The van der Waals surface area contributed by atoms with Crippen molar-refractivity contribution >= 4 is 21.8 Å². The predicted molar refractivity (Wildman–Crippen MR) is 63.6 cm³/mol. The summed E-state index contributed by atoms with van der Waals surface area (Å²) < 4.78 is 11.0. The number of carbonyl (C=O) groups excluding carboxylic acids is 1. The zero-order chi connectivity index (χ0) is 12.4. The van der Waals surface area contributed by atoms with E-state index in [1.54, 1.807) is 19.1 Å². The van der Waals surface area contributed by atoms with E-state index in [1.807, 2.05) is 6.92 Å². The van der Waals surface area contributed by atoms with Crippen molar-refractivity contribution in [2.75, 3.05) is 0 Å². The van der Waals surface area contributed by atoms with E-state index in [2.05, 4.69) is 26.2 Å². The Hall–Kier alpha value is -1.56. The Bertz CT molecular complexity index is 545. The molecule has 2 rings (SSSR count). The number of aryl methyl sites for hydroxylation is 2. The third-order valence-electron chi connectivity index (χ3n) is 2.21. The number of hydrogen-bond donors (Lipinski definition) is 1. The molecule has 1 N–H and O–H groups in total. The summed E-state index contributed by atoms with van der Waals surface area (Å²) in [6, 6.07) is 3.26. The highest BCUT2D eigenvalue weighted by atomic mass is 79.9. The number of nitrogens with zero attached hydrogens (tertiary/aromatic N) is 1. The smallest absolute Gasteiger partial charge is 0.287 e. The molecule has 0 saturated carbocycles. The third-order valence-corrected chi connectivity index (χ3v) is 2.63. The number of furan rings is 1. The standard InChI is InChI=1S/C11H11BrN2O3/c1-6-9(16-7(2)14-6)5-13-11(15)8-3-4-10(12)17-8/h3-4H,5H2,1-2H3,(H,13,15). The van der Waals surface area contributed by atoms with Gasteiger partial charge in [-0.15, -0.1) is 0 Å². The molecule has 2 aromatic rings. The average Bonchev–Trinajstić information content (AvgIpc) is 2.82. The minimum absolute atomic E-state index is 0.255. The van der Waals surface area contributed by atoms with Crippen molar-refractivity contribution in [3.05, 3.63) is 39.9 Å². The van der Waals surface area contributed by atoms with E-state index in [9.17, 15) is 4.79 Å². The fourth-order valence-electron chi connectivity index (χ4n) is 1.42. The molecule has 0 spiro atoms. The molecular weight excluding hydrogens is 288 g/mol. The van der Waals surface area contributed by atoms with Crippen LogP contribution in [0.4, 0.5) is 0 Å². The number of halogens is 1. The summed E-state index contributed by atoms with van der Waals surface area (Å²) in [5, 5.41) is 2.70. The van der Waals surface area contributed by atoms with Gasteiger partial charge in [-0.1, -0.05) is 0 Å². The fraction of sp³-hybridized carbons (Fsp3) is 0.273. The topological polar surface area (TPSA) is 68.3 Å². The Morgan fingerprint density at radius 1 is 1.41 bits per heavy atom. The summed E-state index contributed by atoms with van der Waals surface area (Å²) >= 11 is 3.14. The number of nitrogens with one attached hydrogen (secondary N) is 1. The molecule has 2 aromatic heterocycles. The van der Waals surface area contributed by atoms with Gasteiger partial charge in [-0.3, -0.25) is 4.79 Å². The van der Waals surface area contributed by atoms with Crippen LogP contribution in [-0.4, -0.2) is 10.9 Å². The van der Waals surface area contributed by atoms with Gasteiger partial charge in [-0.05, 0) is 35.0 Å². The Labute approximate surface area is 106 Å². The highest BCUT2D eigenvalue weighted by molar-refractivity contribution is 9.10. The summed E-state index contributed by atoms with van der Waals surface area (Å²) in [6.07, 6.45) is 0. The molecule has 0 aliphatic rings. The van der Waals surface area contributed by atoms with Crippen LogP contribution in [0.25, 0.3) is 0 Å². The number of hydrogen-bond acceptors (Lipinski definition) is 4. The summed E-state index contributed by atoms with van der Waals surface area (Å²) in [5.74, 6) is 1.21. The lowest BCUT2D eigenvalue weighted by molar-refractivity contribution is 0.0918. The van der Waals surface area contributed by atoms with Gasteiger partial charge in [0.25, 0.3) is 5.91 Å². The van der Waals surface area contributed by atoms with E-state index in [0.29, 0.717) is 22.9 Å². The summed E-state index contributed by atoms with van der Waals surface area (Å²) in [5.41, 5.74) is 0.781. The molecule has 0 radical (unpaired) electrons. The molecule has 0 aliphatic heterocycles. The molecule has 0 fully saturated rings. The summed E-state index contributed by atoms with van der Waals surface area (Å²) in [6.45, 7) is 3.90. The highest BCUT2D eigenvalue weighted by Gasteiger charge is 2.12. The molecule has 6 heteroatoms. The van der Waals surface area contributed by atoms with E-state index < -0.39 is 0 Å². The first-order valence-electron chi connectivity index (χ1n) is 5.02. The number of aromatic nitrogens is 1. The van der Waals surface area contributed by atoms with Crippen molar-refractivity contribution < 1.29 is 13.6 Å². The van der Waals surface area contributed by atoms with Crippen molar-refractivity contribution in [2.45, 2.75) is 20.4 Å². The monoisotopic (exact) mass is 298 g/mol. The van der Waals surface area contributed by atoms with Crippen molar-refractivity contribution in [1.82, 2.24) is 10.3 Å². The molecule has 0 saturated heterocycles.